The molecule has 1 aliphatic carbocycles. The topological polar surface area (TPSA) is 202 Å². The van der Waals surface area contributed by atoms with E-state index in [1.54, 1.807) is 60.7 Å². The zero-order valence-electron chi connectivity index (χ0n) is 27.6. The van der Waals surface area contributed by atoms with Crippen LogP contribution in [0.4, 0.5) is 0 Å². The third-order valence-electron chi connectivity index (χ3n) is 8.98. The largest absolute Gasteiger partial charge is 0.469 e. The lowest BCUT2D eigenvalue weighted by Crippen LogP contribution is -2.50. The summed E-state index contributed by atoms with van der Waals surface area (Å²) in [4.78, 5) is 77.2. The van der Waals surface area contributed by atoms with Crippen LogP contribution in [0.25, 0.3) is 0 Å². The highest BCUT2D eigenvalue weighted by Gasteiger charge is 2.30. The molecule has 1 saturated carbocycles. The summed E-state index contributed by atoms with van der Waals surface area (Å²) in [6, 6.07) is 15.7. The quantitative estimate of drug-likeness (QED) is 0.239. The first-order valence-corrected chi connectivity index (χ1v) is 16.7. The Morgan fingerprint density at radius 1 is 0.720 bits per heavy atom. The maximum atomic E-state index is 13.5. The Bertz CT molecular complexity index is 1710. The van der Waals surface area contributed by atoms with Crippen molar-refractivity contribution in [3.63, 3.8) is 0 Å². The average molecular weight is 683 g/mol. The van der Waals surface area contributed by atoms with Crippen LogP contribution >= 0.6 is 0 Å². The first-order valence-electron chi connectivity index (χ1n) is 16.7. The summed E-state index contributed by atoms with van der Waals surface area (Å²) in [6.07, 6.45) is 6.25. The molecule has 3 aliphatic heterocycles. The highest BCUT2D eigenvalue weighted by molar-refractivity contribution is 5.96. The minimum atomic E-state index is -0.968. The molecule has 7 rings (SSSR count). The fourth-order valence-electron chi connectivity index (χ4n) is 6.16. The molecule has 0 saturated heterocycles. The third-order valence-corrected chi connectivity index (χ3v) is 8.98. The summed E-state index contributed by atoms with van der Waals surface area (Å²) >= 11 is 0. The second-order valence-electron chi connectivity index (χ2n) is 12.7. The van der Waals surface area contributed by atoms with Gasteiger partial charge in [-0.05, 0) is 60.1 Å². The Kier molecular flexibility index (Phi) is 12.2. The van der Waals surface area contributed by atoms with Crippen LogP contribution in [0.3, 0.4) is 0 Å². The monoisotopic (exact) mass is 682 g/mol. The van der Waals surface area contributed by atoms with Crippen LogP contribution in [-0.2, 0) is 61.1 Å². The van der Waals surface area contributed by atoms with Gasteiger partial charge in [0.2, 0.25) is 35.4 Å². The molecule has 0 spiro atoms. The number of hydrogen-bond acceptors (Lipinski definition) is 7. The predicted molar refractivity (Wildman–Crippen MR) is 182 cm³/mol. The Morgan fingerprint density at radius 2 is 1.42 bits per heavy atom. The van der Waals surface area contributed by atoms with Crippen LogP contribution in [0, 0.1) is 5.92 Å². The van der Waals surface area contributed by atoms with Crippen molar-refractivity contribution in [3.8, 4) is 0 Å². The molecule has 1 fully saturated rings. The minimum Gasteiger partial charge on any atom is -0.469 e. The summed E-state index contributed by atoms with van der Waals surface area (Å²) in [5.41, 5.74) is 8.54. The second kappa shape index (κ2) is 17.1. The molecule has 1 aromatic heterocycles. The van der Waals surface area contributed by atoms with Crippen molar-refractivity contribution in [2.45, 2.75) is 76.2 Å². The molecular weight excluding hydrogens is 640 g/mol. The number of amides is 6. The summed E-state index contributed by atoms with van der Waals surface area (Å²) < 4.78 is 5.47. The van der Waals surface area contributed by atoms with Crippen molar-refractivity contribution >= 4 is 35.4 Å². The Morgan fingerprint density at radius 3 is 2.12 bits per heavy atom. The summed E-state index contributed by atoms with van der Waals surface area (Å²) in [6.45, 7) is 0.313. The van der Waals surface area contributed by atoms with Gasteiger partial charge in [0.15, 0.2) is 0 Å². The van der Waals surface area contributed by atoms with Crippen LogP contribution < -0.4 is 32.3 Å². The molecule has 4 aliphatic rings. The molecule has 50 heavy (non-hydrogen) atoms. The van der Waals surface area contributed by atoms with Gasteiger partial charge in [-0.15, -0.1) is 0 Å². The first kappa shape index (κ1) is 35.6. The van der Waals surface area contributed by atoms with Gasteiger partial charge in [-0.2, -0.15) is 0 Å². The van der Waals surface area contributed by atoms with E-state index in [9.17, 15) is 28.8 Å². The Hall–Kier alpha value is -5.72. The van der Waals surface area contributed by atoms with Gasteiger partial charge in [-0.1, -0.05) is 48.5 Å². The lowest BCUT2D eigenvalue weighted by molar-refractivity contribution is -0.132. The Balaban J connectivity index is 1.34. The number of fused-ring (bicyclic) bond motifs is 2. The van der Waals surface area contributed by atoms with Crippen molar-refractivity contribution in [2.24, 2.45) is 11.7 Å². The highest BCUT2D eigenvalue weighted by atomic mass is 16.3. The highest BCUT2D eigenvalue weighted by Crippen LogP contribution is 2.25. The van der Waals surface area contributed by atoms with Gasteiger partial charge in [0.25, 0.3) is 0 Å². The van der Waals surface area contributed by atoms with Crippen molar-refractivity contribution in [1.29, 1.82) is 0 Å². The fraction of sp³-hybridized carbons (Fsp3) is 0.351. The van der Waals surface area contributed by atoms with E-state index in [1.807, 2.05) is 0 Å². The van der Waals surface area contributed by atoms with E-state index in [2.05, 4.69) is 26.6 Å². The van der Waals surface area contributed by atoms with Crippen LogP contribution in [0.1, 0.15) is 53.7 Å². The molecule has 0 radical (unpaired) electrons. The number of carbonyl (C=O) groups excluding carboxylic acids is 6. The molecule has 262 valence electrons. The van der Waals surface area contributed by atoms with Crippen molar-refractivity contribution in [1.82, 2.24) is 26.6 Å². The number of carbonyl (C=O) groups is 6. The van der Waals surface area contributed by atoms with Gasteiger partial charge in [0.05, 0.1) is 12.7 Å². The van der Waals surface area contributed by atoms with E-state index >= 15 is 0 Å². The molecular formula is C37H42N6O7. The van der Waals surface area contributed by atoms with Gasteiger partial charge in [-0.3, -0.25) is 28.8 Å². The van der Waals surface area contributed by atoms with Crippen LogP contribution in [0.2, 0.25) is 0 Å². The molecule has 4 heterocycles. The predicted octanol–water partition coefficient (Wildman–Crippen LogP) is 1.24. The molecule has 13 heteroatoms. The van der Waals surface area contributed by atoms with Crippen LogP contribution in [0.15, 0.2) is 83.5 Å². The molecule has 4 bridgehead atoms. The van der Waals surface area contributed by atoms with Gasteiger partial charge < -0.3 is 36.7 Å². The standard InChI is InChI=1S/C37H42N6O7/c38-35(47)30-18-23-7-9-24(10-8-23)21-39-32(44)15-16-33(45)41-28-13-11-25(12-14-28)36(48)43-31(20-29-6-3-17-50-29)37(49)40-22-27-5-2-1-4-26(27)19-34(46)42-30/h1-10,15-17,25,28,30-31H,11-14,18-22H2,(H2,38,47)(H,39,44)(H,40,49)(H,41,45)(H,42,46)(H,43,48)/b16-15+/t25?,28?,30-,31-/m0/s1. The number of nitrogens with two attached hydrogens (primary N) is 1. The number of rotatable bonds is 3. The minimum absolute atomic E-state index is 0.0570. The van der Waals surface area contributed by atoms with Crippen molar-refractivity contribution in [2.75, 3.05) is 0 Å². The Labute approximate surface area is 289 Å². The molecule has 7 N–H and O–H groups in total. The molecule has 6 amide bonds. The fourth-order valence-corrected chi connectivity index (χ4v) is 6.16. The van der Waals surface area contributed by atoms with Crippen LogP contribution in [-0.4, -0.2) is 53.6 Å². The molecule has 13 nitrogen and oxygen atoms in total. The molecule has 0 unspecified atom stereocenters. The first-order chi connectivity index (χ1) is 24.1. The van der Waals surface area contributed by atoms with Gasteiger partial charge in [0.1, 0.15) is 17.8 Å². The maximum absolute atomic E-state index is 13.5. The SMILES string of the molecule is NC(=O)[C@@H]1Cc2ccc(cc2)CNC(=O)/C=C/C(=O)NC2CCC(CC2)C(=O)N[C@@H](Cc2ccco2)C(=O)NCc2ccccc2CC(=O)N1. The number of benzene rings is 2. The number of nitrogens with one attached hydrogen (secondary N) is 5. The van der Waals surface area contributed by atoms with Crippen molar-refractivity contribution < 1.29 is 33.2 Å². The van der Waals surface area contributed by atoms with E-state index in [4.69, 9.17) is 10.2 Å². The van der Waals surface area contributed by atoms with Gasteiger partial charge in [0, 0.05) is 50.0 Å². The van der Waals surface area contributed by atoms with E-state index < -0.39 is 41.6 Å². The maximum Gasteiger partial charge on any atom is 0.244 e. The second-order valence-corrected chi connectivity index (χ2v) is 12.7. The molecule has 2 atom stereocenters. The lowest BCUT2D eigenvalue weighted by Gasteiger charge is -2.29. The summed E-state index contributed by atoms with van der Waals surface area (Å²) in [5.74, 6) is -2.45. The smallest absolute Gasteiger partial charge is 0.244 e. The third kappa shape index (κ3) is 10.4. The normalized spacial score (nSPS) is 23.6. The van der Waals surface area contributed by atoms with Crippen LogP contribution in [0.5, 0.6) is 0 Å². The van der Waals surface area contributed by atoms with E-state index in [-0.39, 0.29) is 50.2 Å². The number of primary amides is 1. The zero-order chi connectivity index (χ0) is 35.5. The van der Waals surface area contributed by atoms with Gasteiger partial charge >= 0.3 is 0 Å². The lowest BCUT2D eigenvalue weighted by atomic mass is 9.85. The van der Waals surface area contributed by atoms with Gasteiger partial charge in [-0.25, -0.2) is 0 Å². The summed E-state index contributed by atoms with van der Waals surface area (Å²) in [5, 5.41) is 14.2. The summed E-state index contributed by atoms with van der Waals surface area (Å²) in [7, 11) is 0. The molecule has 3 aromatic rings. The zero-order valence-corrected chi connectivity index (χ0v) is 27.6. The van der Waals surface area contributed by atoms with E-state index in [1.165, 1.54) is 18.4 Å². The van der Waals surface area contributed by atoms with E-state index in [0.717, 1.165) is 11.1 Å². The number of furan rings is 1. The molecule has 2 aromatic carbocycles. The van der Waals surface area contributed by atoms with Crippen molar-refractivity contribution in [3.05, 3.63) is 107 Å². The van der Waals surface area contributed by atoms with E-state index in [0.29, 0.717) is 42.6 Å². The average Bonchev–Trinajstić information content (AvgIpc) is 3.62. The number of hydrogen-bond donors (Lipinski definition) is 6.